The van der Waals surface area contributed by atoms with E-state index in [4.69, 9.17) is 10.9 Å². The fourth-order valence-electron chi connectivity index (χ4n) is 1.12. The molecule has 15 heavy (non-hydrogen) atoms. The number of sulfonamides is 1. The first-order valence-corrected chi connectivity index (χ1v) is 5.62. The van der Waals surface area contributed by atoms with Gasteiger partial charge in [0.05, 0.1) is 5.75 Å². The normalized spacial score (nSPS) is 10.9. The molecule has 0 aliphatic rings. The molecule has 0 unspecified atom stereocenters. The molecule has 1 aromatic carbocycles. The van der Waals surface area contributed by atoms with E-state index >= 15 is 0 Å². The van der Waals surface area contributed by atoms with Crippen molar-refractivity contribution < 1.29 is 12.8 Å². The molecule has 0 bridgehead atoms. The molecule has 1 rings (SSSR count). The van der Waals surface area contributed by atoms with Crippen LogP contribution in [-0.4, -0.2) is 8.42 Å². The summed E-state index contributed by atoms with van der Waals surface area (Å²) in [6.45, 7) is 0.0320. The molecule has 0 saturated carbocycles. The molecule has 86 valence electrons. The number of halogens is 2. The van der Waals surface area contributed by atoms with E-state index in [1.54, 1.807) is 6.07 Å². The van der Waals surface area contributed by atoms with Crippen LogP contribution in [0.1, 0.15) is 11.1 Å². The molecule has 0 fully saturated rings. The summed E-state index contributed by atoms with van der Waals surface area (Å²) in [7, 11) is -3.71. The van der Waals surface area contributed by atoms with Crippen LogP contribution in [0.2, 0.25) is 0 Å². The Labute approximate surface area is 93.9 Å². The fourth-order valence-corrected chi connectivity index (χ4v) is 1.78. The van der Waals surface area contributed by atoms with Crippen molar-refractivity contribution in [2.75, 3.05) is 0 Å². The first-order valence-electron chi connectivity index (χ1n) is 3.91. The van der Waals surface area contributed by atoms with Crippen LogP contribution in [-0.2, 0) is 22.3 Å². The van der Waals surface area contributed by atoms with Crippen molar-refractivity contribution in [3.05, 3.63) is 35.1 Å². The Morgan fingerprint density at radius 3 is 2.27 bits per heavy atom. The zero-order chi connectivity index (χ0) is 10.8. The zero-order valence-electron chi connectivity index (χ0n) is 7.81. The largest absolute Gasteiger partial charge is 0.326 e. The van der Waals surface area contributed by atoms with Gasteiger partial charge in [-0.25, -0.2) is 17.9 Å². The van der Waals surface area contributed by atoms with Crippen LogP contribution >= 0.6 is 12.4 Å². The van der Waals surface area contributed by atoms with E-state index in [1.807, 2.05) is 0 Å². The smallest absolute Gasteiger partial charge is 0.213 e. The molecule has 0 heterocycles. The third-order valence-corrected chi connectivity index (χ3v) is 2.45. The number of primary sulfonamides is 1. The summed E-state index contributed by atoms with van der Waals surface area (Å²) in [6.07, 6.45) is 0. The Hall–Kier alpha value is -0.690. The van der Waals surface area contributed by atoms with Gasteiger partial charge in [0.2, 0.25) is 10.0 Å². The van der Waals surface area contributed by atoms with E-state index in [0.29, 0.717) is 0 Å². The molecular formula is C8H12ClFN2O2S. The van der Waals surface area contributed by atoms with E-state index in [2.05, 4.69) is 0 Å². The van der Waals surface area contributed by atoms with Crippen LogP contribution in [0.15, 0.2) is 18.2 Å². The van der Waals surface area contributed by atoms with Crippen molar-refractivity contribution in [3.8, 4) is 0 Å². The van der Waals surface area contributed by atoms with Crippen LogP contribution in [0.5, 0.6) is 0 Å². The number of benzene rings is 1. The van der Waals surface area contributed by atoms with Crippen LogP contribution < -0.4 is 10.9 Å². The summed E-state index contributed by atoms with van der Waals surface area (Å²) in [5.41, 5.74) is 5.60. The monoisotopic (exact) mass is 254 g/mol. The predicted molar refractivity (Wildman–Crippen MR) is 58.4 cm³/mol. The van der Waals surface area contributed by atoms with Gasteiger partial charge in [-0.3, -0.25) is 0 Å². The molecule has 0 aromatic heterocycles. The Bertz CT molecular complexity index is 436. The molecule has 0 atom stereocenters. The van der Waals surface area contributed by atoms with Gasteiger partial charge >= 0.3 is 0 Å². The van der Waals surface area contributed by atoms with Gasteiger partial charge in [0.15, 0.2) is 0 Å². The minimum absolute atomic E-state index is 0. The van der Waals surface area contributed by atoms with Crippen LogP contribution in [0.3, 0.4) is 0 Å². The van der Waals surface area contributed by atoms with Gasteiger partial charge in [-0.2, -0.15) is 0 Å². The van der Waals surface area contributed by atoms with Gasteiger partial charge in [-0.1, -0.05) is 18.2 Å². The third kappa shape index (κ3) is 4.13. The van der Waals surface area contributed by atoms with E-state index < -0.39 is 21.6 Å². The van der Waals surface area contributed by atoms with Crippen molar-refractivity contribution in [2.24, 2.45) is 10.9 Å². The SMILES string of the molecule is Cl.NCc1cccc(CS(N)(=O)=O)c1F. The number of nitrogens with two attached hydrogens (primary N) is 2. The average Bonchev–Trinajstić information content (AvgIpc) is 2.06. The lowest BCUT2D eigenvalue weighted by Gasteiger charge is -2.05. The van der Waals surface area contributed by atoms with Gasteiger partial charge in [-0.05, 0) is 0 Å². The molecule has 0 saturated heterocycles. The highest BCUT2D eigenvalue weighted by Gasteiger charge is 2.11. The number of hydrogen-bond acceptors (Lipinski definition) is 3. The van der Waals surface area contributed by atoms with Crippen LogP contribution in [0.4, 0.5) is 4.39 Å². The average molecular weight is 255 g/mol. The minimum atomic E-state index is -3.71. The molecule has 0 aliphatic carbocycles. The van der Waals surface area contributed by atoms with Crippen molar-refractivity contribution in [1.82, 2.24) is 0 Å². The maximum absolute atomic E-state index is 13.4. The van der Waals surface area contributed by atoms with Gasteiger partial charge in [0.25, 0.3) is 0 Å². The quantitative estimate of drug-likeness (QED) is 0.823. The molecule has 1 aromatic rings. The summed E-state index contributed by atoms with van der Waals surface area (Å²) in [4.78, 5) is 0. The molecule has 0 aliphatic heterocycles. The third-order valence-electron chi connectivity index (χ3n) is 1.74. The lowest BCUT2D eigenvalue weighted by Crippen LogP contribution is -2.16. The minimum Gasteiger partial charge on any atom is -0.326 e. The van der Waals surface area contributed by atoms with Crippen LogP contribution in [0.25, 0.3) is 0 Å². The van der Waals surface area contributed by atoms with Crippen molar-refractivity contribution in [2.45, 2.75) is 12.3 Å². The van der Waals surface area contributed by atoms with E-state index in [9.17, 15) is 12.8 Å². The zero-order valence-corrected chi connectivity index (χ0v) is 9.44. The summed E-state index contributed by atoms with van der Waals surface area (Å²) >= 11 is 0. The first kappa shape index (κ1) is 14.3. The lowest BCUT2D eigenvalue weighted by atomic mass is 10.1. The highest BCUT2D eigenvalue weighted by molar-refractivity contribution is 7.88. The molecule has 0 radical (unpaired) electrons. The van der Waals surface area contributed by atoms with Gasteiger partial charge in [0.1, 0.15) is 5.82 Å². The molecule has 0 spiro atoms. The van der Waals surface area contributed by atoms with E-state index in [-0.39, 0.29) is 30.1 Å². The van der Waals surface area contributed by atoms with Gasteiger partial charge < -0.3 is 5.73 Å². The van der Waals surface area contributed by atoms with E-state index in [1.165, 1.54) is 12.1 Å². The topological polar surface area (TPSA) is 86.2 Å². The number of rotatable bonds is 3. The Balaban J connectivity index is 0.00000196. The van der Waals surface area contributed by atoms with Gasteiger partial charge in [-0.15, -0.1) is 12.4 Å². The first-order chi connectivity index (χ1) is 6.44. The van der Waals surface area contributed by atoms with Crippen molar-refractivity contribution >= 4 is 22.4 Å². The summed E-state index contributed by atoms with van der Waals surface area (Å²) < 4.78 is 34.9. The Morgan fingerprint density at radius 2 is 1.80 bits per heavy atom. The summed E-state index contributed by atoms with van der Waals surface area (Å²) in [6, 6.07) is 4.42. The predicted octanol–water partition coefficient (Wildman–Crippen LogP) is 0.495. The summed E-state index contributed by atoms with van der Waals surface area (Å²) in [5.74, 6) is -1.10. The standard InChI is InChI=1S/C8H11FN2O2S.ClH/c9-8-6(4-10)2-1-3-7(8)5-14(11,12)13;/h1-3H,4-5,10H2,(H2,11,12,13);1H. The van der Waals surface area contributed by atoms with E-state index in [0.717, 1.165) is 0 Å². The maximum Gasteiger partial charge on any atom is 0.213 e. The Kier molecular flexibility index (Phi) is 5.16. The summed E-state index contributed by atoms with van der Waals surface area (Å²) in [5, 5.41) is 4.80. The Morgan fingerprint density at radius 1 is 1.27 bits per heavy atom. The highest BCUT2D eigenvalue weighted by Crippen LogP contribution is 2.14. The van der Waals surface area contributed by atoms with Crippen molar-refractivity contribution in [1.29, 1.82) is 0 Å². The second kappa shape index (κ2) is 5.41. The molecule has 4 N–H and O–H groups in total. The lowest BCUT2D eigenvalue weighted by molar-refractivity contribution is 0.583. The second-order valence-electron chi connectivity index (χ2n) is 2.90. The second-order valence-corrected chi connectivity index (χ2v) is 4.52. The maximum atomic E-state index is 13.4. The molecule has 4 nitrogen and oxygen atoms in total. The number of hydrogen-bond donors (Lipinski definition) is 2. The fraction of sp³-hybridized carbons (Fsp3) is 0.250. The highest BCUT2D eigenvalue weighted by atomic mass is 35.5. The molecular weight excluding hydrogens is 243 g/mol. The molecule has 7 heteroatoms. The van der Waals surface area contributed by atoms with Crippen LogP contribution in [0, 0.1) is 5.82 Å². The van der Waals surface area contributed by atoms with Gasteiger partial charge in [0, 0.05) is 17.7 Å². The molecule has 0 amide bonds. The van der Waals surface area contributed by atoms with Crippen molar-refractivity contribution in [3.63, 3.8) is 0 Å².